The standard InChI is InChI=1S/C33H35N4O3.Ni/c1-8-20-17(4)25-12-23-15(2)16(3)24(34-23)13-26-18(5)21(9-10-30(39)40-7)32(36-26)22-11-29(38)31-19(6)27(37-33(22)31)14-28(20)35-25;/h12-14,18,21H,8-11H2,1-7H3,(H-,34,35,36,37,38);/q-1;+2/p-1/t18-,21-;/m0./s1. The van der Waals surface area contributed by atoms with E-state index in [2.05, 4.69) is 46.8 Å². The molecule has 0 aromatic carbocycles. The van der Waals surface area contributed by atoms with E-state index in [4.69, 9.17) is 24.7 Å². The van der Waals surface area contributed by atoms with Gasteiger partial charge in [-0.1, -0.05) is 25.5 Å². The molecule has 2 atom stereocenters. The van der Waals surface area contributed by atoms with Gasteiger partial charge < -0.3 is 14.8 Å². The Morgan fingerprint density at radius 3 is 2.44 bits per heavy atom. The van der Waals surface area contributed by atoms with Crippen LogP contribution in [0.3, 0.4) is 0 Å². The summed E-state index contributed by atoms with van der Waals surface area (Å²) in [7, 11) is 1.41. The summed E-state index contributed by atoms with van der Waals surface area (Å²) in [5, 5.41) is 14.8. The third kappa shape index (κ3) is 4.57. The van der Waals surface area contributed by atoms with E-state index < -0.39 is 0 Å². The Balaban J connectivity index is 0.00000337. The van der Waals surface area contributed by atoms with Crippen LogP contribution >= 0.6 is 0 Å². The van der Waals surface area contributed by atoms with Crippen molar-refractivity contribution in [2.75, 3.05) is 7.11 Å². The zero-order valence-electron chi connectivity index (χ0n) is 24.5. The maximum atomic E-state index is 13.4. The molecule has 0 radical (unpaired) electrons. The number of esters is 1. The summed E-state index contributed by atoms with van der Waals surface area (Å²) in [6.45, 7) is 12.6. The molecule has 4 aliphatic heterocycles. The summed E-state index contributed by atoms with van der Waals surface area (Å²) in [6, 6.07) is 0. The minimum Gasteiger partial charge on any atom is -0.875 e. The van der Waals surface area contributed by atoms with Crippen molar-refractivity contribution in [3.63, 3.8) is 0 Å². The number of rotatable bonds is 4. The number of fused-ring (bicyclic) bond motifs is 5. The topological polar surface area (TPSA) is 101 Å². The van der Waals surface area contributed by atoms with E-state index >= 15 is 0 Å². The molecule has 8 heteroatoms. The van der Waals surface area contributed by atoms with Gasteiger partial charge in [-0.05, 0) is 92.2 Å². The third-order valence-corrected chi connectivity index (χ3v) is 9.14. The van der Waals surface area contributed by atoms with Crippen molar-refractivity contribution in [2.45, 2.75) is 67.2 Å². The summed E-state index contributed by atoms with van der Waals surface area (Å²) in [4.78, 5) is 32.3. The van der Waals surface area contributed by atoms with E-state index in [0.717, 1.165) is 79.5 Å². The molecule has 41 heavy (non-hydrogen) atoms. The minimum absolute atomic E-state index is 0. The molecular weight excluding hydrogens is 559 g/mol. The fourth-order valence-electron chi connectivity index (χ4n) is 6.49. The van der Waals surface area contributed by atoms with E-state index in [1.165, 1.54) is 12.7 Å². The summed E-state index contributed by atoms with van der Waals surface area (Å²) >= 11 is 0. The molecule has 5 heterocycles. The van der Waals surface area contributed by atoms with Gasteiger partial charge in [-0.2, -0.15) is 0 Å². The molecule has 7 nitrogen and oxygen atoms in total. The average Bonchev–Trinajstić information content (AvgIpc) is 3.67. The Morgan fingerprint density at radius 1 is 1.02 bits per heavy atom. The Kier molecular flexibility index (Phi) is 7.58. The maximum Gasteiger partial charge on any atom is 2.00 e. The van der Waals surface area contributed by atoms with Crippen LogP contribution in [0, 0.1) is 18.8 Å². The van der Waals surface area contributed by atoms with Crippen LogP contribution in [0.5, 0.6) is 0 Å². The van der Waals surface area contributed by atoms with Gasteiger partial charge in [0.15, 0.2) is 0 Å². The second-order valence-corrected chi connectivity index (χ2v) is 11.3. The fourth-order valence-corrected chi connectivity index (χ4v) is 6.49. The zero-order chi connectivity index (χ0) is 28.5. The number of ether oxygens (including phenoxy) is 1. The number of allylic oxidation sites excluding steroid dienone is 7. The number of aliphatic imine (C=N–C) groups is 3. The molecule has 5 aliphatic rings. The summed E-state index contributed by atoms with van der Waals surface area (Å²) < 4.78 is 4.95. The van der Waals surface area contributed by atoms with Crippen molar-refractivity contribution in [2.24, 2.45) is 26.8 Å². The van der Waals surface area contributed by atoms with Crippen molar-refractivity contribution in [1.29, 1.82) is 0 Å². The van der Waals surface area contributed by atoms with Gasteiger partial charge in [0.2, 0.25) is 0 Å². The number of nitrogens with zero attached hydrogens (tertiary/aromatic N) is 4. The molecule has 0 N–H and O–H groups in total. The van der Waals surface area contributed by atoms with Crippen LogP contribution in [0.2, 0.25) is 0 Å². The van der Waals surface area contributed by atoms with Crippen LogP contribution in [-0.4, -0.2) is 30.2 Å². The van der Waals surface area contributed by atoms with Crippen molar-refractivity contribution in [3.05, 3.63) is 73.4 Å². The van der Waals surface area contributed by atoms with Gasteiger partial charge in [0.1, 0.15) is 0 Å². The van der Waals surface area contributed by atoms with Crippen LogP contribution < -0.4 is 20.7 Å². The number of hydrogen-bond acceptors (Lipinski definition) is 6. The molecule has 214 valence electrons. The average molecular weight is 593 g/mol. The smallest absolute Gasteiger partial charge is 0.875 e. The molecule has 0 saturated heterocycles. The summed E-state index contributed by atoms with van der Waals surface area (Å²) in [6.07, 6.45) is 8.16. The molecule has 0 fully saturated rings. The van der Waals surface area contributed by atoms with Crippen LogP contribution in [0.15, 0.2) is 66.5 Å². The van der Waals surface area contributed by atoms with E-state index in [1.54, 1.807) is 0 Å². The Bertz CT molecular complexity index is 1770. The number of aromatic nitrogens is 1. The van der Waals surface area contributed by atoms with E-state index in [1.807, 2.05) is 13.0 Å². The monoisotopic (exact) mass is 592 g/mol. The van der Waals surface area contributed by atoms with Gasteiger partial charge in [0, 0.05) is 29.7 Å². The molecule has 6 rings (SSSR count). The quantitative estimate of drug-likeness (QED) is 0.393. The minimum atomic E-state index is -0.248. The van der Waals surface area contributed by atoms with Gasteiger partial charge in [0.25, 0.3) is 0 Å². The van der Waals surface area contributed by atoms with Crippen molar-refractivity contribution < 1.29 is 31.1 Å². The van der Waals surface area contributed by atoms with Gasteiger partial charge >= 0.3 is 22.5 Å². The largest absolute Gasteiger partial charge is 2.00 e. The number of carbonyl (C=O) groups is 1. The van der Waals surface area contributed by atoms with E-state index in [9.17, 15) is 9.90 Å². The normalized spacial score (nSPS) is 22.8. The number of hydrogen-bond donors (Lipinski definition) is 0. The first-order valence-corrected chi connectivity index (χ1v) is 14.1. The van der Waals surface area contributed by atoms with Gasteiger partial charge in [-0.25, -0.2) is 9.98 Å². The van der Waals surface area contributed by atoms with Crippen LogP contribution in [0.25, 0.3) is 17.4 Å². The Labute approximate surface area is 250 Å². The van der Waals surface area contributed by atoms with Crippen LogP contribution in [0.1, 0.15) is 71.6 Å². The Morgan fingerprint density at radius 2 is 1.73 bits per heavy atom. The summed E-state index contributed by atoms with van der Waals surface area (Å²) in [5.74, 6) is -0.168. The van der Waals surface area contributed by atoms with Gasteiger partial charge in [0.05, 0.1) is 29.9 Å². The first-order chi connectivity index (χ1) is 19.1. The second-order valence-electron chi connectivity index (χ2n) is 11.3. The molecule has 8 bridgehead atoms. The molecule has 0 unspecified atom stereocenters. The van der Waals surface area contributed by atoms with Crippen LogP contribution in [0.4, 0.5) is 0 Å². The third-order valence-electron chi connectivity index (χ3n) is 9.14. The Hall–Kier alpha value is -3.51. The van der Waals surface area contributed by atoms with E-state index in [0.29, 0.717) is 11.6 Å². The van der Waals surface area contributed by atoms with Gasteiger partial charge in [-0.3, -0.25) is 9.79 Å². The maximum absolute atomic E-state index is 13.4. The predicted octanol–water partition coefficient (Wildman–Crippen LogP) is 3.73. The first kappa shape index (κ1) is 29.0. The molecule has 0 saturated carbocycles. The number of methoxy groups -OCH3 is 1. The SMILES string of the molecule is CCC1=C(C)C2=NC1=Cc1[n-]c3c(c1C)=C([O-])CC=3C1=NC(=CC3=NC(=C2)C(C)=C3C)[C@@H](C)[C@@H]1CCC(=O)OC.[Ni+2]. The second kappa shape index (κ2) is 10.7. The molecule has 1 aromatic rings. The predicted molar refractivity (Wildman–Crippen MR) is 157 cm³/mol. The van der Waals surface area contributed by atoms with Crippen molar-refractivity contribution in [1.82, 2.24) is 4.98 Å². The zero-order valence-corrected chi connectivity index (χ0v) is 25.5. The molecule has 1 aliphatic carbocycles. The molecular formula is C33H34N4NiO3. The van der Waals surface area contributed by atoms with E-state index in [-0.39, 0.29) is 52.9 Å². The van der Waals surface area contributed by atoms with Gasteiger partial charge in [-0.15, -0.1) is 16.8 Å². The molecule has 0 spiro atoms. The van der Waals surface area contributed by atoms with Crippen molar-refractivity contribution >= 4 is 40.5 Å². The van der Waals surface area contributed by atoms with Crippen molar-refractivity contribution in [3.8, 4) is 0 Å². The molecule has 0 amide bonds. The summed E-state index contributed by atoms with van der Waals surface area (Å²) in [5.41, 5.74) is 12.5. The first-order valence-electron chi connectivity index (χ1n) is 14.1. The van der Waals surface area contributed by atoms with Crippen LogP contribution in [-0.2, 0) is 26.0 Å². The molecule has 1 aromatic heterocycles. The fraction of sp³-hybridized carbons (Fsp3) is 0.394. The number of carbonyl (C=O) groups excluding carboxylic acids is 1.